The molecule has 0 unspecified atom stereocenters. The van der Waals surface area contributed by atoms with Gasteiger partial charge in [-0.15, -0.1) is 0 Å². The molecular weight excluding hydrogens is 552 g/mol. The second-order valence-corrected chi connectivity index (χ2v) is 8.19. The first-order valence-electron chi connectivity index (χ1n) is 8.98. The van der Waals surface area contributed by atoms with Gasteiger partial charge in [-0.3, -0.25) is 9.59 Å². The van der Waals surface area contributed by atoms with E-state index >= 15 is 0 Å². The quantitative estimate of drug-likeness (QED) is 0.228. The molecule has 0 saturated heterocycles. The molecule has 6 nitrogen and oxygen atoms in total. The number of nitrogens with one attached hydrogen (secondary N) is 2. The number of carbonyl (C=O) groups is 2. The largest absolute Gasteiger partial charge is 0.484 e. The van der Waals surface area contributed by atoms with Crippen molar-refractivity contribution in [1.82, 2.24) is 5.43 Å². The molecule has 0 bridgehead atoms. The van der Waals surface area contributed by atoms with Crippen LogP contribution < -0.4 is 15.5 Å². The minimum atomic E-state index is -0.408. The van der Waals surface area contributed by atoms with Crippen LogP contribution in [-0.2, 0) is 4.79 Å². The topological polar surface area (TPSA) is 79.8 Å². The summed E-state index contributed by atoms with van der Waals surface area (Å²) in [5.41, 5.74) is 4.25. The maximum atomic E-state index is 12.1. The van der Waals surface area contributed by atoms with Gasteiger partial charge in [0.05, 0.1) is 21.9 Å². The van der Waals surface area contributed by atoms with E-state index in [9.17, 15) is 9.59 Å². The first-order valence-corrected chi connectivity index (χ1v) is 10.8. The molecule has 2 N–H and O–H groups in total. The third kappa shape index (κ3) is 6.95. The van der Waals surface area contributed by atoms with Crippen LogP contribution >= 0.6 is 45.8 Å². The molecule has 0 spiro atoms. The van der Waals surface area contributed by atoms with Crippen molar-refractivity contribution in [3.63, 3.8) is 0 Å². The highest BCUT2D eigenvalue weighted by atomic mass is 127. The van der Waals surface area contributed by atoms with Gasteiger partial charge in [-0.25, -0.2) is 5.43 Å². The highest BCUT2D eigenvalue weighted by Crippen LogP contribution is 2.22. The van der Waals surface area contributed by atoms with Crippen LogP contribution in [0, 0.1) is 3.57 Å². The fourth-order valence-corrected chi connectivity index (χ4v) is 3.24. The second-order valence-electron chi connectivity index (χ2n) is 6.21. The number of anilines is 1. The summed E-state index contributed by atoms with van der Waals surface area (Å²) in [6.45, 7) is -0.113. The van der Waals surface area contributed by atoms with Gasteiger partial charge in [0, 0.05) is 9.13 Å². The Bertz CT molecular complexity index is 1120. The number of rotatable bonds is 7. The molecule has 9 heteroatoms. The number of carbonyl (C=O) groups excluding carboxylic acids is 2. The summed E-state index contributed by atoms with van der Waals surface area (Å²) in [5, 5.41) is 7.39. The lowest BCUT2D eigenvalue weighted by Gasteiger charge is -2.09. The molecule has 0 heterocycles. The Kier molecular flexibility index (Phi) is 8.27. The summed E-state index contributed by atoms with van der Waals surface area (Å²) < 4.78 is 6.45. The Morgan fingerprint density at radius 2 is 1.74 bits per heavy atom. The number of halogens is 3. The van der Waals surface area contributed by atoms with Gasteiger partial charge in [-0.1, -0.05) is 35.3 Å². The predicted molar refractivity (Wildman–Crippen MR) is 131 cm³/mol. The maximum absolute atomic E-state index is 12.1. The van der Waals surface area contributed by atoms with Gasteiger partial charge in [0.1, 0.15) is 5.75 Å². The Hall–Kier alpha value is -2.62. The van der Waals surface area contributed by atoms with E-state index in [1.165, 1.54) is 12.3 Å². The van der Waals surface area contributed by atoms with Gasteiger partial charge in [0.2, 0.25) is 0 Å². The van der Waals surface area contributed by atoms with Gasteiger partial charge in [-0.05, 0) is 82.8 Å². The van der Waals surface area contributed by atoms with Crippen LogP contribution in [0.4, 0.5) is 5.69 Å². The summed E-state index contributed by atoms with van der Waals surface area (Å²) in [4.78, 5) is 24.1. The van der Waals surface area contributed by atoms with Crippen molar-refractivity contribution >= 4 is 69.5 Å². The lowest BCUT2D eigenvalue weighted by Crippen LogP contribution is -2.20. The zero-order valence-electron chi connectivity index (χ0n) is 15.9. The Balaban J connectivity index is 1.48. The average molecular weight is 568 g/mol. The van der Waals surface area contributed by atoms with Crippen LogP contribution in [0.1, 0.15) is 15.9 Å². The highest BCUT2D eigenvalue weighted by Gasteiger charge is 2.07. The molecule has 0 fully saturated rings. The number of hydrogen-bond acceptors (Lipinski definition) is 4. The number of para-hydroxylation sites is 1. The van der Waals surface area contributed by atoms with E-state index in [1.807, 2.05) is 24.3 Å². The summed E-state index contributed by atoms with van der Waals surface area (Å²) in [7, 11) is 0. The molecule has 0 aromatic heterocycles. The van der Waals surface area contributed by atoms with E-state index in [2.05, 4.69) is 38.4 Å². The zero-order chi connectivity index (χ0) is 22.2. The second kappa shape index (κ2) is 11.1. The average Bonchev–Trinajstić information content (AvgIpc) is 2.76. The van der Waals surface area contributed by atoms with Crippen molar-refractivity contribution in [2.75, 3.05) is 11.9 Å². The molecule has 0 atom stereocenters. The lowest BCUT2D eigenvalue weighted by atomic mass is 10.2. The van der Waals surface area contributed by atoms with Crippen LogP contribution in [0.5, 0.6) is 5.75 Å². The number of hydrogen-bond donors (Lipinski definition) is 2. The van der Waals surface area contributed by atoms with Crippen LogP contribution in [0.25, 0.3) is 0 Å². The molecule has 3 aromatic rings. The SMILES string of the molecule is O=C(COc1ccc(/C=N\NC(=O)c2ccc(Cl)c(Cl)c2)cc1)Nc1ccccc1I. The molecule has 158 valence electrons. The number of amides is 2. The fraction of sp³-hybridized carbons (Fsp3) is 0.0455. The molecule has 3 rings (SSSR count). The molecule has 0 saturated carbocycles. The monoisotopic (exact) mass is 567 g/mol. The van der Waals surface area contributed by atoms with Crippen LogP contribution in [0.15, 0.2) is 71.8 Å². The summed E-state index contributed by atoms with van der Waals surface area (Å²) in [5.74, 6) is -0.122. The van der Waals surface area contributed by atoms with Crippen LogP contribution in [0.2, 0.25) is 10.0 Å². The van der Waals surface area contributed by atoms with E-state index in [4.69, 9.17) is 27.9 Å². The smallest absolute Gasteiger partial charge is 0.271 e. The van der Waals surface area contributed by atoms with E-state index < -0.39 is 5.91 Å². The summed E-state index contributed by atoms with van der Waals surface area (Å²) in [6, 6.07) is 19.0. The van der Waals surface area contributed by atoms with Gasteiger partial charge in [0.25, 0.3) is 11.8 Å². The molecule has 0 aliphatic heterocycles. The van der Waals surface area contributed by atoms with Crippen molar-refractivity contribution in [1.29, 1.82) is 0 Å². The Morgan fingerprint density at radius 1 is 1.00 bits per heavy atom. The van der Waals surface area contributed by atoms with E-state index in [0.29, 0.717) is 21.4 Å². The standard InChI is InChI=1S/C22H16Cl2IN3O3/c23-17-10-7-15(11-18(17)24)22(30)28-26-12-14-5-8-16(9-6-14)31-13-21(29)27-20-4-2-1-3-19(20)25/h1-12H,13H2,(H,27,29)(H,28,30)/b26-12-. The van der Waals surface area contributed by atoms with E-state index in [1.54, 1.807) is 36.4 Å². The number of nitrogens with zero attached hydrogens (tertiary/aromatic N) is 1. The summed E-state index contributed by atoms with van der Waals surface area (Å²) in [6.07, 6.45) is 1.49. The summed E-state index contributed by atoms with van der Waals surface area (Å²) >= 11 is 13.9. The first-order chi connectivity index (χ1) is 14.9. The van der Waals surface area contributed by atoms with Crippen molar-refractivity contribution in [2.45, 2.75) is 0 Å². The molecule has 0 radical (unpaired) electrons. The number of ether oxygens (including phenoxy) is 1. The molecule has 31 heavy (non-hydrogen) atoms. The van der Waals surface area contributed by atoms with Gasteiger partial charge in [-0.2, -0.15) is 5.10 Å². The third-order valence-electron chi connectivity index (χ3n) is 3.96. The molecule has 2 amide bonds. The minimum absolute atomic E-state index is 0.113. The zero-order valence-corrected chi connectivity index (χ0v) is 19.6. The molecule has 0 aliphatic carbocycles. The minimum Gasteiger partial charge on any atom is -0.484 e. The number of hydrazone groups is 1. The third-order valence-corrected chi connectivity index (χ3v) is 5.64. The molecular formula is C22H16Cl2IN3O3. The van der Waals surface area contributed by atoms with Crippen molar-refractivity contribution < 1.29 is 14.3 Å². The van der Waals surface area contributed by atoms with Crippen molar-refractivity contribution in [3.05, 3.63) is 91.5 Å². The van der Waals surface area contributed by atoms with E-state index in [0.717, 1.165) is 14.8 Å². The molecule has 3 aromatic carbocycles. The van der Waals surface area contributed by atoms with Crippen LogP contribution in [0.3, 0.4) is 0 Å². The first kappa shape index (κ1) is 23.1. The van der Waals surface area contributed by atoms with Gasteiger partial charge >= 0.3 is 0 Å². The normalized spacial score (nSPS) is 10.7. The Morgan fingerprint density at radius 3 is 2.45 bits per heavy atom. The molecule has 0 aliphatic rings. The van der Waals surface area contributed by atoms with Gasteiger partial charge < -0.3 is 10.1 Å². The van der Waals surface area contributed by atoms with Gasteiger partial charge in [0.15, 0.2) is 6.61 Å². The maximum Gasteiger partial charge on any atom is 0.271 e. The Labute approximate surface area is 202 Å². The van der Waals surface area contributed by atoms with Crippen molar-refractivity contribution in [2.24, 2.45) is 5.10 Å². The van der Waals surface area contributed by atoms with Crippen molar-refractivity contribution in [3.8, 4) is 5.75 Å². The highest BCUT2D eigenvalue weighted by molar-refractivity contribution is 14.1. The predicted octanol–water partition coefficient (Wildman–Crippen LogP) is 5.38. The van der Waals surface area contributed by atoms with Crippen LogP contribution in [-0.4, -0.2) is 24.6 Å². The van der Waals surface area contributed by atoms with E-state index in [-0.39, 0.29) is 12.5 Å². The lowest BCUT2D eigenvalue weighted by molar-refractivity contribution is -0.118. The fourth-order valence-electron chi connectivity index (χ4n) is 2.42. The number of benzene rings is 3.